The number of carbonyl (C=O) groups excluding carboxylic acids is 1. The second kappa shape index (κ2) is 7.30. The highest BCUT2D eigenvalue weighted by Gasteiger charge is 2.41. The van der Waals surface area contributed by atoms with Gasteiger partial charge in [-0.05, 0) is 28.5 Å². The largest absolute Gasteiger partial charge is 0.385 e. The van der Waals surface area contributed by atoms with Gasteiger partial charge in [0.2, 0.25) is 5.78 Å². The maximum Gasteiger partial charge on any atom is 0.270 e. The van der Waals surface area contributed by atoms with Crippen LogP contribution >= 0.6 is 22.7 Å². The van der Waals surface area contributed by atoms with Gasteiger partial charge in [0.15, 0.2) is 4.91 Å². The van der Waals surface area contributed by atoms with E-state index in [1.807, 2.05) is 47.8 Å². The minimum absolute atomic E-state index is 0.183. The Bertz CT molecular complexity index is 1080. The molecule has 1 aliphatic rings. The average molecular weight is 417 g/mol. The molecule has 4 rings (SSSR count). The minimum Gasteiger partial charge on any atom is -0.385 e. The second-order valence-electron chi connectivity index (χ2n) is 5.93. The molecule has 0 saturated carbocycles. The van der Waals surface area contributed by atoms with E-state index in [1.165, 1.54) is 21.8 Å². The molecule has 1 aromatic carbocycles. The number of Topliss-reactive ketones (excluding diaryl/α,β-unsaturated/α-hetero) is 1. The molecule has 0 spiro atoms. The van der Waals surface area contributed by atoms with E-state index in [1.54, 1.807) is 22.8 Å². The van der Waals surface area contributed by atoms with E-state index in [2.05, 4.69) is 5.32 Å². The Morgan fingerprint density at radius 1 is 1.00 bits per heavy atom. The van der Waals surface area contributed by atoms with Gasteiger partial charge in [0.25, 0.3) is 10.0 Å². The van der Waals surface area contributed by atoms with Crippen LogP contribution in [0.5, 0.6) is 0 Å². The molecule has 0 aliphatic carbocycles. The van der Waals surface area contributed by atoms with Crippen molar-refractivity contribution in [2.24, 2.45) is 0 Å². The van der Waals surface area contributed by atoms with Crippen molar-refractivity contribution in [2.45, 2.75) is 13.1 Å². The molecule has 0 radical (unpaired) electrons. The summed E-state index contributed by atoms with van der Waals surface area (Å²) in [5, 5.41) is 6.68. The van der Waals surface area contributed by atoms with E-state index in [4.69, 9.17) is 0 Å². The fourth-order valence-corrected chi connectivity index (χ4v) is 6.03. The van der Waals surface area contributed by atoms with Crippen LogP contribution in [-0.4, -0.2) is 14.2 Å². The third-order valence-electron chi connectivity index (χ3n) is 4.17. The maximum absolute atomic E-state index is 13.2. The van der Waals surface area contributed by atoms with E-state index in [9.17, 15) is 13.2 Å². The molecule has 5 nitrogen and oxygen atoms in total. The van der Waals surface area contributed by atoms with Gasteiger partial charge in [-0.3, -0.25) is 9.10 Å². The molecule has 0 unspecified atom stereocenters. The average Bonchev–Trinajstić information content (AvgIpc) is 3.34. The van der Waals surface area contributed by atoms with Crippen LogP contribution in [0.25, 0.3) is 0 Å². The maximum atomic E-state index is 13.2. The van der Waals surface area contributed by atoms with Gasteiger partial charge in [-0.15, -0.1) is 22.7 Å². The summed E-state index contributed by atoms with van der Waals surface area (Å²) in [6.07, 6.45) is 1.33. The summed E-state index contributed by atoms with van der Waals surface area (Å²) in [6.45, 7) is 0.655. The lowest BCUT2D eigenvalue weighted by Gasteiger charge is -2.29. The van der Waals surface area contributed by atoms with E-state index >= 15 is 0 Å². The first-order valence-electron chi connectivity index (χ1n) is 8.22. The van der Waals surface area contributed by atoms with Crippen molar-refractivity contribution in [1.29, 1.82) is 0 Å². The summed E-state index contributed by atoms with van der Waals surface area (Å²) in [7, 11) is -3.94. The first kappa shape index (κ1) is 18.0. The molecule has 3 aromatic rings. The van der Waals surface area contributed by atoms with Crippen molar-refractivity contribution in [1.82, 2.24) is 5.32 Å². The predicted octanol–water partition coefficient (Wildman–Crippen LogP) is 3.97. The summed E-state index contributed by atoms with van der Waals surface area (Å²) >= 11 is 2.83. The first-order valence-corrected chi connectivity index (χ1v) is 11.4. The standard InChI is InChI=1S/C19H16N2O3S3/c22-18-17(12-20-11-15-7-4-9-25-15)27(23,24)21(16-8-10-26-19(16)18)13-14-5-2-1-3-6-14/h1-10,12,20H,11,13H2/b17-12+. The van der Waals surface area contributed by atoms with Crippen LogP contribution in [0.1, 0.15) is 20.1 Å². The molecule has 1 aliphatic heterocycles. The van der Waals surface area contributed by atoms with E-state index < -0.39 is 15.8 Å². The molecule has 0 amide bonds. The van der Waals surface area contributed by atoms with Crippen LogP contribution in [0.15, 0.2) is 70.4 Å². The third-order valence-corrected chi connectivity index (χ3v) is 7.71. The molecular formula is C19H16N2O3S3. The number of carbonyl (C=O) groups is 1. The number of thiophene rings is 2. The molecule has 27 heavy (non-hydrogen) atoms. The van der Waals surface area contributed by atoms with Crippen LogP contribution in [0.3, 0.4) is 0 Å². The van der Waals surface area contributed by atoms with Crippen molar-refractivity contribution in [3.8, 4) is 0 Å². The molecule has 3 heterocycles. The first-order chi connectivity index (χ1) is 13.1. The number of hydrogen-bond acceptors (Lipinski definition) is 6. The fraction of sp³-hybridized carbons (Fsp3) is 0.105. The molecular weight excluding hydrogens is 400 g/mol. The third kappa shape index (κ3) is 3.43. The van der Waals surface area contributed by atoms with Gasteiger partial charge in [0.05, 0.1) is 12.2 Å². The Hall–Kier alpha value is -2.42. The number of ketones is 1. The van der Waals surface area contributed by atoms with Gasteiger partial charge in [-0.1, -0.05) is 36.4 Å². The van der Waals surface area contributed by atoms with Gasteiger partial charge < -0.3 is 5.32 Å². The van der Waals surface area contributed by atoms with Crippen molar-refractivity contribution in [3.63, 3.8) is 0 Å². The number of nitrogens with one attached hydrogen (secondary N) is 1. The number of fused-ring (bicyclic) bond motifs is 1. The highest BCUT2D eigenvalue weighted by atomic mass is 32.2. The molecule has 0 bridgehead atoms. The minimum atomic E-state index is -3.94. The van der Waals surface area contributed by atoms with Crippen LogP contribution in [0, 0.1) is 0 Å². The SMILES string of the molecule is O=C1/C(=C\NCc2cccs2)S(=O)(=O)N(Cc2ccccc2)c2ccsc21. The smallest absolute Gasteiger partial charge is 0.270 e. The Balaban J connectivity index is 1.69. The topological polar surface area (TPSA) is 66.5 Å². The highest BCUT2D eigenvalue weighted by molar-refractivity contribution is 7.97. The molecule has 8 heteroatoms. The van der Waals surface area contributed by atoms with E-state index in [0.29, 0.717) is 17.1 Å². The molecule has 0 fully saturated rings. The summed E-state index contributed by atoms with van der Waals surface area (Å²) in [6, 6.07) is 14.9. The number of allylic oxidation sites excluding steroid dienone is 1. The zero-order chi connectivity index (χ0) is 18.9. The van der Waals surface area contributed by atoms with E-state index in [0.717, 1.165) is 10.4 Å². The zero-order valence-corrected chi connectivity index (χ0v) is 16.6. The summed E-state index contributed by atoms with van der Waals surface area (Å²) in [4.78, 5) is 14.1. The van der Waals surface area contributed by atoms with Crippen LogP contribution in [0.2, 0.25) is 0 Å². The van der Waals surface area contributed by atoms with Crippen molar-refractivity contribution >= 4 is 44.2 Å². The Labute approximate surface area is 165 Å². The van der Waals surface area contributed by atoms with Gasteiger partial charge in [-0.25, -0.2) is 8.42 Å². The Morgan fingerprint density at radius 3 is 2.56 bits per heavy atom. The number of anilines is 1. The molecule has 1 N–H and O–H groups in total. The van der Waals surface area contributed by atoms with Gasteiger partial charge in [-0.2, -0.15) is 0 Å². The fourth-order valence-electron chi connectivity index (χ4n) is 2.86. The summed E-state index contributed by atoms with van der Waals surface area (Å²) in [5.74, 6) is -0.456. The number of sulfonamides is 1. The van der Waals surface area contributed by atoms with Crippen LogP contribution in [0.4, 0.5) is 5.69 Å². The summed E-state index contributed by atoms with van der Waals surface area (Å²) < 4.78 is 27.7. The van der Waals surface area contributed by atoms with Crippen molar-refractivity contribution in [3.05, 3.63) is 85.7 Å². The monoisotopic (exact) mass is 416 g/mol. The quantitative estimate of drug-likeness (QED) is 0.639. The van der Waals surface area contributed by atoms with Gasteiger partial charge in [0, 0.05) is 17.6 Å². The Morgan fingerprint density at radius 2 is 1.81 bits per heavy atom. The lowest BCUT2D eigenvalue weighted by Crippen LogP contribution is -2.38. The number of benzene rings is 1. The lowest BCUT2D eigenvalue weighted by atomic mass is 10.2. The molecule has 0 atom stereocenters. The lowest BCUT2D eigenvalue weighted by molar-refractivity contribution is 0.104. The van der Waals surface area contributed by atoms with Gasteiger partial charge >= 0.3 is 0 Å². The number of hydrogen-bond donors (Lipinski definition) is 1. The number of nitrogens with zero attached hydrogens (tertiary/aromatic N) is 1. The molecule has 0 saturated heterocycles. The second-order valence-corrected chi connectivity index (χ2v) is 9.71. The van der Waals surface area contributed by atoms with Crippen LogP contribution in [-0.2, 0) is 23.1 Å². The zero-order valence-electron chi connectivity index (χ0n) is 14.2. The van der Waals surface area contributed by atoms with Crippen LogP contribution < -0.4 is 9.62 Å². The summed E-state index contributed by atoms with van der Waals surface area (Å²) in [5.41, 5.74) is 1.31. The Kier molecular flexibility index (Phi) is 4.86. The van der Waals surface area contributed by atoms with Gasteiger partial charge in [0.1, 0.15) is 4.88 Å². The normalized spacial score (nSPS) is 17.1. The number of rotatable bonds is 5. The molecule has 138 valence electrons. The van der Waals surface area contributed by atoms with Crippen molar-refractivity contribution < 1.29 is 13.2 Å². The molecule has 2 aromatic heterocycles. The highest BCUT2D eigenvalue weighted by Crippen LogP contribution is 2.39. The predicted molar refractivity (Wildman–Crippen MR) is 109 cm³/mol. The van der Waals surface area contributed by atoms with Crippen molar-refractivity contribution in [2.75, 3.05) is 4.31 Å². The van der Waals surface area contributed by atoms with E-state index in [-0.39, 0.29) is 11.4 Å².